The molecular weight excluding hydrogens is 192 g/mol. The molecule has 0 radical (unpaired) electrons. The Kier molecular flexibility index (Phi) is 5.81. The van der Waals surface area contributed by atoms with E-state index in [2.05, 4.69) is 13.0 Å². The fourth-order valence-electron chi connectivity index (χ4n) is 1.24. The van der Waals surface area contributed by atoms with Gasteiger partial charge in [0.2, 0.25) is 0 Å². The minimum absolute atomic E-state index is 0.278. The first-order chi connectivity index (χ1) is 7.38. The summed E-state index contributed by atoms with van der Waals surface area (Å²) in [6.45, 7) is 3.54. The zero-order chi connectivity index (χ0) is 10.9. The van der Waals surface area contributed by atoms with Gasteiger partial charge in [0.25, 0.3) is 0 Å². The van der Waals surface area contributed by atoms with Crippen LogP contribution in [-0.4, -0.2) is 27.1 Å². The van der Waals surface area contributed by atoms with E-state index in [1.807, 2.05) is 18.2 Å². The first-order valence-electron chi connectivity index (χ1n) is 5.16. The van der Waals surface area contributed by atoms with Gasteiger partial charge in [0, 0.05) is 7.11 Å². The van der Waals surface area contributed by atoms with Crippen molar-refractivity contribution in [2.75, 3.05) is 27.1 Å². The number of ether oxygens (including phenoxy) is 3. The maximum absolute atomic E-state index is 5.50. The molecule has 1 aromatic carbocycles. The highest BCUT2D eigenvalue weighted by Crippen LogP contribution is 2.17. The van der Waals surface area contributed by atoms with Crippen molar-refractivity contribution in [1.82, 2.24) is 0 Å². The van der Waals surface area contributed by atoms with Crippen LogP contribution in [-0.2, 0) is 15.9 Å². The molecule has 0 heterocycles. The van der Waals surface area contributed by atoms with E-state index in [1.165, 1.54) is 5.56 Å². The Bertz CT molecular complexity index is 273. The molecule has 0 N–H and O–H groups in total. The highest BCUT2D eigenvalue weighted by molar-refractivity contribution is 5.32. The highest BCUT2D eigenvalue weighted by Gasteiger charge is 1.99. The number of hydrogen-bond donors (Lipinski definition) is 0. The average Bonchev–Trinajstić information content (AvgIpc) is 2.29. The van der Waals surface area contributed by atoms with E-state index in [1.54, 1.807) is 7.11 Å². The summed E-state index contributed by atoms with van der Waals surface area (Å²) in [6, 6.07) is 7.99. The van der Waals surface area contributed by atoms with Crippen LogP contribution >= 0.6 is 0 Å². The summed E-state index contributed by atoms with van der Waals surface area (Å²) in [5.41, 5.74) is 1.20. The molecule has 3 nitrogen and oxygen atoms in total. The number of hydrogen-bond acceptors (Lipinski definition) is 3. The third kappa shape index (κ3) is 4.32. The molecule has 0 spiro atoms. The Hall–Kier alpha value is -1.06. The third-order valence-corrected chi connectivity index (χ3v) is 2.08. The van der Waals surface area contributed by atoms with E-state index in [4.69, 9.17) is 14.2 Å². The van der Waals surface area contributed by atoms with Crippen molar-refractivity contribution in [2.24, 2.45) is 0 Å². The number of rotatable bonds is 7. The van der Waals surface area contributed by atoms with Gasteiger partial charge in [-0.05, 0) is 18.1 Å². The predicted molar refractivity (Wildman–Crippen MR) is 59.1 cm³/mol. The molecule has 0 aliphatic carbocycles. The lowest BCUT2D eigenvalue weighted by atomic mass is 10.1. The van der Waals surface area contributed by atoms with Gasteiger partial charge >= 0.3 is 0 Å². The normalized spacial score (nSPS) is 10.3. The Morgan fingerprint density at radius 3 is 2.67 bits per heavy atom. The molecular formula is C12H18O3. The predicted octanol–water partition coefficient (Wildman–Crippen LogP) is 2.25. The second-order valence-electron chi connectivity index (χ2n) is 3.12. The van der Waals surface area contributed by atoms with Crippen molar-refractivity contribution >= 4 is 0 Å². The van der Waals surface area contributed by atoms with Crippen LogP contribution in [0.2, 0.25) is 0 Å². The van der Waals surface area contributed by atoms with Crippen molar-refractivity contribution < 1.29 is 14.2 Å². The molecule has 0 unspecified atom stereocenters. The second kappa shape index (κ2) is 7.26. The van der Waals surface area contributed by atoms with Crippen LogP contribution in [0.15, 0.2) is 24.3 Å². The highest BCUT2D eigenvalue weighted by atomic mass is 16.7. The Labute approximate surface area is 91.0 Å². The lowest BCUT2D eigenvalue weighted by Crippen LogP contribution is -2.08. The van der Waals surface area contributed by atoms with Crippen LogP contribution in [0.1, 0.15) is 12.5 Å². The molecule has 3 heteroatoms. The van der Waals surface area contributed by atoms with E-state index in [0.29, 0.717) is 13.2 Å². The van der Waals surface area contributed by atoms with Crippen LogP contribution in [0.5, 0.6) is 5.75 Å². The molecule has 15 heavy (non-hydrogen) atoms. The molecule has 84 valence electrons. The second-order valence-corrected chi connectivity index (χ2v) is 3.12. The molecule has 0 bridgehead atoms. The number of methoxy groups -OCH3 is 1. The van der Waals surface area contributed by atoms with Gasteiger partial charge in [-0.15, -0.1) is 0 Å². The van der Waals surface area contributed by atoms with E-state index < -0.39 is 0 Å². The largest absolute Gasteiger partial charge is 0.467 e. The molecule has 1 aromatic rings. The molecule has 1 rings (SSSR count). The summed E-state index contributed by atoms with van der Waals surface area (Å²) in [5.74, 6) is 0.900. The summed E-state index contributed by atoms with van der Waals surface area (Å²) < 4.78 is 15.6. The van der Waals surface area contributed by atoms with Crippen LogP contribution in [0.4, 0.5) is 0 Å². The summed E-state index contributed by atoms with van der Waals surface area (Å²) in [5, 5.41) is 0. The van der Waals surface area contributed by atoms with Crippen molar-refractivity contribution in [3.63, 3.8) is 0 Å². The van der Waals surface area contributed by atoms with E-state index in [0.717, 1.165) is 12.2 Å². The topological polar surface area (TPSA) is 27.7 Å². The number of para-hydroxylation sites is 1. The van der Waals surface area contributed by atoms with Crippen molar-refractivity contribution in [1.29, 1.82) is 0 Å². The van der Waals surface area contributed by atoms with Crippen LogP contribution in [0.3, 0.4) is 0 Å². The van der Waals surface area contributed by atoms with Gasteiger partial charge in [0.1, 0.15) is 5.75 Å². The summed E-state index contributed by atoms with van der Waals surface area (Å²) in [4.78, 5) is 0. The fourth-order valence-corrected chi connectivity index (χ4v) is 1.24. The van der Waals surface area contributed by atoms with E-state index >= 15 is 0 Å². The maximum atomic E-state index is 5.50. The van der Waals surface area contributed by atoms with Crippen molar-refractivity contribution in [3.8, 4) is 5.75 Å². The van der Waals surface area contributed by atoms with Gasteiger partial charge in [-0.3, -0.25) is 0 Å². The standard InChI is InChI=1S/C12H18O3/c1-3-11-6-4-5-7-12(11)15-10-14-9-8-13-2/h4-7H,3,8-10H2,1-2H3. The van der Waals surface area contributed by atoms with Gasteiger partial charge < -0.3 is 14.2 Å². The summed E-state index contributed by atoms with van der Waals surface area (Å²) in [6.07, 6.45) is 0.967. The minimum atomic E-state index is 0.278. The smallest absolute Gasteiger partial charge is 0.189 e. The maximum Gasteiger partial charge on any atom is 0.189 e. The SMILES string of the molecule is CCc1ccccc1OCOCCOC. The molecule has 0 aromatic heterocycles. The molecule has 0 aliphatic heterocycles. The van der Waals surface area contributed by atoms with Gasteiger partial charge in [0.15, 0.2) is 6.79 Å². The molecule has 0 fully saturated rings. The van der Waals surface area contributed by atoms with Gasteiger partial charge in [0.05, 0.1) is 13.2 Å². The zero-order valence-electron chi connectivity index (χ0n) is 9.36. The molecule has 0 saturated heterocycles. The summed E-state index contributed by atoms with van der Waals surface area (Å²) >= 11 is 0. The third-order valence-electron chi connectivity index (χ3n) is 2.08. The lowest BCUT2D eigenvalue weighted by Gasteiger charge is -2.10. The lowest BCUT2D eigenvalue weighted by molar-refractivity contribution is -0.00884. The molecule has 0 saturated carbocycles. The van der Waals surface area contributed by atoms with Crippen LogP contribution in [0, 0.1) is 0 Å². The van der Waals surface area contributed by atoms with Gasteiger partial charge in [-0.1, -0.05) is 25.1 Å². The monoisotopic (exact) mass is 210 g/mol. The Balaban J connectivity index is 2.30. The average molecular weight is 210 g/mol. The van der Waals surface area contributed by atoms with Gasteiger partial charge in [-0.25, -0.2) is 0 Å². The van der Waals surface area contributed by atoms with Crippen molar-refractivity contribution in [2.45, 2.75) is 13.3 Å². The minimum Gasteiger partial charge on any atom is -0.467 e. The van der Waals surface area contributed by atoms with Crippen LogP contribution in [0.25, 0.3) is 0 Å². The molecule has 0 atom stereocenters. The van der Waals surface area contributed by atoms with Gasteiger partial charge in [-0.2, -0.15) is 0 Å². The van der Waals surface area contributed by atoms with E-state index in [9.17, 15) is 0 Å². The Morgan fingerprint density at radius 2 is 1.93 bits per heavy atom. The first-order valence-corrected chi connectivity index (χ1v) is 5.16. The number of aryl methyl sites for hydroxylation is 1. The van der Waals surface area contributed by atoms with Crippen molar-refractivity contribution in [3.05, 3.63) is 29.8 Å². The summed E-state index contributed by atoms with van der Waals surface area (Å²) in [7, 11) is 1.65. The first kappa shape index (κ1) is 12.0. The fraction of sp³-hybridized carbons (Fsp3) is 0.500. The quantitative estimate of drug-likeness (QED) is 0.510. The van der Waals surface area contributed by atoms with E-state index in [-0.39, 0.29) is 6.79 Å². The molecule has 0 aliphatic rings. The van der Waals surface area contributed by atoms with Crippen LogP contribution < -0.4 is 4.74 Å². The zero-order valence-corrected chi connectivity index (χ0v) is 9.36. The Morgan fingerprint density at radius 1 is 1.13 bits per heavy atom. The molecule has 0 amide bonds. The number of benzene rings is 1.